The molecular weight excluding hydrogens is 247 g/mol. The number of carbonyl (C=O) groups is 1. The third-order valence-electron chi connectivity index (χ3n) is 2.64. The van der Waals surface area contributed by atoms with E-state index in [0.717, 1.165) is 6.07 Å². The van der Waals surface area contributed by atoms with Gasteiger partial charge in [-0.3, -0.25) is 4.79 Å². The zero-order chi connectivity index (χ0) is 14.0. The Morgan fingerprint density at radius 2 is 2.11 bits per heavy atom. The maximum atomic E-state index is 13.0. The van der Waals surface area contributed by atoms with Crippen molar-refractivity contribution in [3.8, 4) is 6.07 Å². The standard InChI is InChI=1S/C14H11FN2O2/c1-8-5-12(9(2)19-8)14(18)17-13-4-3-11(15)6-10(13)7-16/h3-6H,1-2H3,(H,17,18). The molecule has 1 amide bonds. The Balaban J connectivity index is 2.29. The van der Waals surface area contributed by atoms with Gasteiger partial charge < -0.3 is 9.73 Å². The first-order chi connectivity index (χ1) is 9.01. The summed E-state index contributed by atoms with van der Waals surface area (Å²) in [4.78, 5) is 12.0. The summed E-state index contributed by atoms with van der Waals surface area (Å²) in [6.07, 6.45) is 0. The summed E-state index contributed by atoms with van der Waals surface area (Å²) in [5, 5.41) is 11.5. The van der Waals surface area contributed by atoms with Gasteiger partial charge in [-0.15, -0.1) is 0 Å². The van der Waals surface area contributed by atoms with Gasteiger partial charge >= 0.3 is 0 Å². The van der Waals surface area contributed by atoms with Crippen LogP contribution in [0.2, 0.25) is 0 Å². The first kappa shape index (κ1) is 12.8. The van der Waals surface area contributed by atoms with Crippen molar-refractivity contribution in [1.29, 1.82) is 5.26 Å². The van der Waals surface area contributed by atoms with E-state index in [2.05, 4.69) is 5.32 Å². The number of nitrogens with one attached hydrogen (secondary N) is 1. The number of benzene rings is 1. The Kier molecular flexibility index (Phi) is 3.34. The van der Waals surface area contributed by atoms with Gasteiger partial charge in [-0.05, 0) is 38.1 Å². The van der Waals surface area contributed by atoms with Crippen molar-refractivity contribution in [3.63, 3.8) is 0 Å². The van der Waals surface area contributed by atoms with E-state index in [0.29, 0.717) is 17.1 Å². The number of carbonyl (C=O) groups excluding carboxylic acids is 1. The van der Waals surface area contributed by atoms with Gasteiger partial charge in [0, 0.05) is 0 Å². The maximum Gasteiger partial charge on any atom is 0.259 e. The minimum Gasteiger partial charge on any atom is -0.466 e. The second kappa shape index (κ2) is 4.94. The fourth-order valence-electron chi connectivity index (χ4n) is 1.76. The lowest BCUT2D eigenvalue weighted by atomic mass is 10.1. The number of halogens is 1. The van der Waals surface area contributed by atoms with E-state index in [-0.39, 0.29) is 11.3 Å². The summed E-state index contributed by atoms with van der Waals surface area (Å²) in [5.41, 5.74) is 0.740. The van der Waals surface area contributed by atoms with Crippen molar-refractivity contribution in [2.75, 3.05) is 5.32 Å². The summed E-state index contributed by atoms with van der Waals surface area (Å²) in [6.45, 7) is 3.42. The largest absolute Gasteiger partial charge is 0.466 e. The van der Waals surface area contributed by atoms with Crippen molar-refractivity contribution in [3.05, 3.63) is 52.7 Å². The fourth-order valence-corrected chi connectivity index (χ4v) is 1.76. The van der Waals surface area contributed by atoms with Crippen LogP contribution < -0.4 is 5.32 Å². The zero-order valence-corrected chi connectivity index (χ0v) is 10.5. The van der Waals surface area contributed by atoms with Crippen LogP contribution in [0.25, 0.3) is 0 Å². The van der Waals surface area contributed by atoms with Gasteiger partial charge in [0.25, 0.3) is 5.91 Å². The molecule has 2 rings (SSSR count). The van der Waals surface area contributed by atoms with Crippen molar-refractivity contribution in [2.24, 2.45) is 0 Å². The van der Waals surface area contributed by atoms with E-state index in [1.54, 1.807) is 19.9 Å². The number of furan rings is 1. The van der Waals surface area contributed by atoms with Crippen LogP contribution in [-0.2, 0) is 0 Å². The highest BCUT2D eigenvalue weighted by molar-refractivity contribution is 6.05. The van der Waals surface area contributed by atoms with Crippen molar-refractivity contribution >= 4 is 11.6 Å². The van der Waals surface area contributed by atoms with Crippen LogP contribution in [0.15, 0.2) is 28.7 Å². The molecule has 2 aromatic rings. The monoisotopic (exact) mass is 258 g/mol. The number of rotatable bonds is 2. The SMILES string of the molecule is Cc1cc(C(=O)Nc2ccc(F)cc2C#N)c(C)o1. The molecule has 96 valence electrons. The first-order valence-corrected chi connectivity index (χ1v) is 5.59. The average Bonchev–Trinajstić information content (AvgIpc) is 2.70. The van der Waals surface area contributed by atoms with Crippen LogP contribution in [0, 0.1) is 31.0 Å². The molecule has 4 nitrogen and oxygen atoms in total. The Morgan fingerprint density at radius 1 is 1.37 bits per heavy atom. The smallest absolute Gasteiger partial charge is 0.259 e. The number of hydrogen-bond donors (Lipinski definition) is 1. The lowest BCUT2D eigenvalue weighted by Gasteiger charge is -2.06. The second-order valence-corrected chi connectivity index (χ2v) is 4.08. The van der Waals surface area contributed by atoms with Gasteiger partial charge in [-0.2, -0.15) is 5.26 Å². The zero-order valence-electron chi connectivity index (χ0n) is 10.5. The third-order valence-corrected chi connectivity index (χ3v) is 2.64. The Labute approximate surface area is 109 Å². The van der Waals surface area contributed by atoms with Crippen LogP contribution in [0.5, 0.6) is 0 Å². The first-order valence-electron chi connectivity index (χ1n) is 5.59. The van der Waals surface area contributed by atoms with Gasteiger partial charge in [-0.25, -0.2) is 4.39 Å². The molecule has 0 aliphatic rings. The lowest BCUT2D eigenvalue weighted by molar-refractivity contribution is 0.102. The van der Waals surface area contributed by atoms with Crippen LogP contribution >= 0.6 is 0 Å². The van der Waals surface area contributed by atoms with Crippen molar-refractivity contribution in [2.45, 2.75) is 13.8 Å². The summed E-state index contributed by atoms with van der Waals surface area (Å²) < 4.78 is 18.2. The molecule has 0 saturated carbocycles. The maximum absolute atomic E-state index is 13.0. The molecule has 0 aliphatic carbocycles. The summed E-state index contributed by atoms with van der Waals surface area (Å²) in [7, 11) is 0. The molecule has 0 spiro atoms. The summed E-state index contributed by atoms with van der Waals surface area (Å²) in [6, 6.07) is 7.06. The molecule has 0 bridgehead atoms. The van der Waals surface area contributed by atoms with E-state index in [1.165, 1.54) is 12.1 Å². The highest BCUT2D eigenvalue weighted by Crippen LogP contribution is 2.19. The topological polar surface area (TPSA) is 66.0 Å². The third kappa shape index (κ3) is 2.63. The van der Waals surface area contributed by atoms with Crippen molar-refractivity contribution < 1.29 is 13.6 Å². The van der Waals surface area contributed by atoms with Crippen LogP contribution in [0.4, 0.5) is 10.1 Å². The minimum absolute atomic E-state index is 0.0752. The molecule has 1 aromatic heterocycles. The van der Waals surface area contributed by atoms with Crippen LogP contribution in [0.3, 0.4) is 0 Å². The molecule has 19 heavy (non-hydrogen) atoms. The molecule has 0 radical (unpaired) electrons. The van der Waals surface area contributed by atoms with Crippen molar-refractivity contribution in [1.82, 2.24) is 0 Å². The van der Waals surface area contributed by atoms with Gasteiger partial charge in [0.05, 0.1) is 16.8 Å². The molecule has 0 atom stereocenters. The van der Waals surface area contributed by atoms with Crippen LogP contribution in [0.1, 0.15) is 27.4 Å². The molecule has 1 heterocycles. The summed E-state index contributed by atoms with van der Waals surface area (Å²) >= 11 is 0. The quantitative estimate of drug-likeness (QED) is 0.899. The van der Waals surface area contributed by atoms with E-state index >= 15 is 0 Å². The average molecular weight is 258 g/mol. The minimum atomic E-state index is -0.523. The number of anilines is 1. The molecule has 1 N–H and O–H groups in total. The Hall–Kier alpha value is -2.61. The van der Waals surface area contributed by atoms with Gasteiger partial charge in [0.1, 0.15) is 23.4 Å². The molecule has 0 aliphatic heterocycles. The predicted octanol–water partition coefficient (Wildman–Crippen LogP) is 3.16. The highest BCUT2D eigenvalue weighted by atomic mass is 19.1. The fraction of sp³-hybridized carbons (Fsp3) is 0.143. The number of aryl methyl sites for hydroxylation is 2. The van der Waals surface area contributed by atoms with Gasteiger partial charge in [0.2, 0.25) is 0 Å². The Bertz CT molecular complexity index is 683. The van der Waals surface area contributed by atoms with Gasteiger partial charge in [-0.1, -0.05) is 0 Å². The molecule has 5 heteroatoms. The number of nitrogens with zero attached hydrogens (tertiary/aromatic N) is 1. The van der Waals surface area contributed by atoms with Crippen LogP contribution in [-0.4, -0.2) is 5.91 Å². The van der Waals surface area contributed by atoms with E-state index < -0.39 is 11.7 Å². The van der Waals surface area contributed by atoms with E-state index in [9.17, 15) is 9.18 Å². The highest BCUT2D eigenvalue weighted by Gasteiger charge is 2.15. The normalized spacial score (nSPS) is 10.0. The van der Waals surface area contributed by atoms with Gasteiger partial charge in [0.15, 0.2) is 0 Å². The second-order valence-electron chi connectivity index (χ2n) is 4.08. The van der Waals surface area contributed by atoms with E-state index in [4.69, 9.17) is 9.68 Å². The molecule has 0 unspecified atom stereocenters. The predicted molar refractivity (Wildman–Crippen MR) is 67.3 cm³/mol. The molecular formula is C14H11FN2O2. The molecule has 1 aromatic carbocycles. The molecule has 0 fully saturated rings. The summed E-state index contributed by atoms with van der Waals surface area (Å²) in [5.74, 6) is 0.209. The molecule has 0 saturated heterocycles. The Morgan fingerprint density at radius 3 is 2.68 bits per heavy atom. The van der Waals surface area contributed by atoms with E-state index in [1.807, 2.05) is 6.07 Å². The number of hydrogen-bond acceptors (Lipinski definition) is 3. The number of nitriles is 1. The lowest BCUT2D eigenvalue weighted by Crippen LogP contribution is -2.13. The number of amides is 1.